The molecule has 1 amide bonds. The number of hydrogen-bond donors (Lipinski definition) is 1. The van der Waals surface area contributed by atoms with Gasteiger partial charge in [-0.3, -0.25) is 9.78 Å². The highest BCUT2D eigenvalue weighted by molar-refractivity contribution is 6.30. The van der Waals surface area contributed by atoms with Crippen molar-refractivity contribution in [2.75, 3.05) is 26.2 Å². The van der Waals surface area contributed by atoms with Crippen molar-refractivity contribution >= 4 is 17.5 Å². The van der Waals surface area contributed by atoms with E-state index in [1.165, 1.54) is 0 Å². The van der Waals surface area contributed by atoms with Crippen LogP contribution in [0.1, 0.15) is 30.1 Å². The molecule has 1 fully saturated rings. The molecule has 1 aliphatic heterocycles. The number of amides is 1. The van der Waals surface area contributed by atoms with Crippen molar-refractivity contribution in [3.63, 3.8) is 0 Å². The number of rotatable bonds is 8. The van der Waals surface area contributed by atoms with Crippen LogP contribution in [-0.4, -0.2) is 42.0 Å². The summed E-state index contributed by atoms with van der Waals surface area (Å²) in [6.07, 6.45) is 3.14. The zero-order chi connectivity index (χ0) is 23.9. The van der Waals surface area contributed by atoms with Crippen molar-refractivity contribution in [1.82, 2.24) is 15.2 Å². The fraction of sp³-hybridized carbons (Fsp3) is 0.308. The van der Waals surface area contributed by atoms with Gasteiger partial charge in [-0.1, -0.05) is 29.8 Å². The third-order valence-electron chi connectivity index (χ3n) is 5.92. The smallest absolute Gasteiger partial charge is 0.226 e. The molecule has 34 heavy (non-hydrogen) atoms. The molecule has 2 aromatic carbocycles. The molecule has 1 atom stereocenters. The predicted molar refractivity (Wildman–Crippen MR) is 127 cm³/mol. The molecule has 5 nitrogen and oxygen atoms in total. The van der Waals surface area contributed by atoms with E-state index in [1.54, 1.807) is 23.2 Å². The molecule has 1 aromatic heterocycles. The molecular weight excluding hydrogens is 460 g/mol. The molecule has 0 spiro atoms. The molecule has 178 valence electrons. The molecule has 1 aliphatic rings. The molecule has 0 radical (unpaired) electrons. The van der Waals surface area contributed by atoms with E-state index in [0.29, 0.717) is 10.7 Å². The lowest BCUT2D eigenvalue weighted by Gasteiger charge is -2.35. The van der Waals surface area contributed by atoms with Gasteiger partial charge in [-0.15, -0.1) is 0 Å². The second-order valence-electron chi connectivity index (χ2n) is 8.19. The highest BCUT2D eigenvalue weighted by Crippen LogP contribution is 2.31. The third kappa shape index (κ3) is 5.90. The fourth-order valence-electron chi connectivity index (χ4n) is 4.20. The Bertz CT molecular complexity index is 1090. The van der Waals surface area contributed by atoms with E-state index in [2.05, 4.69) is 10.3 Å². The van der Waals surface area contributed by atoms with Gasteiger partial charge in [0.15, 0.2) is 11.6 Å². The minimum Gasteiger partial charge on any atom is -0.489 e. The van der Waals surface area contributed by atoms with Crippen LogP contribution in [0.15, 0.2) is 66.9 Å². The molecule has 2 heterocycles. The Morgan fingerprint density at radius 1 is 1.12 bits per heavy atom. The van der Waals surface area contributed by atoms with Gasteiger partial charge < -0.3 is 15.0 Å². The standard InChI is InChI=1S/C26H26ClF2N3O2/c27-20-6-4-18(5-7-20)25(23-3-1-2-12-31-23)32(26(33)19-10-13-30-14-11-19)15-16-34-24-17-21(28)8-9-22(24)29/h1-9,12,17,19,25,30H,10-11,13-16H2. The van der Waals surface area contributed by atoms with Gasteiger partial charge >= 0.3 is 0 Å². The number of ether oxygens (including phenoxy) is 1. The fourth-order valence-corrected chi connectivity index (χ4v) is 4.33. The number of aromatic nitrogens is 1. The second-order valence-corrected chi connectivity index (χ2v) is 8.62. The Hall–Kier alpha value is -3.03. The number of nitrogens with zero attached hydrogens (tertiary/aromatic N) is 2. The first-order chi connectivity index (χ1) is 16.5. The van der Waals surface area contributed by atoms with Crippen molar-refractivity contribution < 1.29 is 18.3 Å². The van der Waals surface area contributed by atoms with Gasteiger partial charge in [0.05, 0.1) is 18.3 Å². The van der Waals surface area contributed by atoms with Crippen LogP contribution in [0.25, 0.3) is 0 Å². The Labute approximate surface area is 202 Å². The Balaban J connectivity index is 1.65. The van der Waals surface area contributed by atoms with Gasteiger partial charge in [0.2, 0.25) is 5.91 Å². The van der Waals surface area contributed by atoms with Crippen molar-refractivity contribution in [3.8, 4) is 5.75 Å². The van der Waals surface area contributed by atoms with Crippen LogP contribution in [0.2, 0.25) is 5.02 Å². The van der Waals surface area contributed by atoms with Crippen molar-refractivity contribution in [2.45, 2.75) is 18.9 Å². The number of carbonyl (C=O) groups is 1. The largest absolute Gasteiger partial charge is 0.489 e. The summed E-state index contributed by atoms with van der Waals surface area (Å²) in [6, 6.07) is 15.4. The summed E-state index contributed by atoms with van der Waals surface area (Å²) in [6.45, 7) is 1.70. The van der Waals surface area contributed by atoms with Crippen molar-refractivity contribution in [1.29, 1.82) is 0 Å². The van der Waals surface area contributed by atoms with Gasteiger partial charge in [0, 0.05) is 23.2 Å². The van der Waals surface area contributed by atoms with Crippen LogP contribution >= 0.6 is 11.6 Å². The highest BCUT2D eigenvalue weighted by atomic mass is 35.5. The van der Waals surface area contributed by atoms with Gasteiger partial charge in [0.1, 0.15) is 12.4 Å². The van der Waals surface area contributed by atoms with Gasteiger partial charge in [0.25, 0.3) is 0 Å². The predicted octanol–water partition coefficient (Wildman–Crippen LogP) is 5.01. The highest BCUT2D eigenvalue weighted by Gasteiger charge is 2.33. The maximum absolute atomic E-state index is 14.1. The van der Waals surface area contributed by atoms with E-state index in [1.807, 2.05) is 30.3 Å². The lowest BCUT2D eigenvalue weighted by atomic mass is 9.93. The van der Waals surface area contributed by atoms with Crippen LogP contribution in [-0.2, 0) is 4.79 Å². The summed E-state index contributed by atoms with van der Waals surface area (Å²) in [4.78, 5) is 20.0. The summed E-state index contributed by atoms with van der Waals surface area (Å²) in [5, 5.41) is 3.87. The summed E-state index contributed by atoms with van der Waals surface area (Å²) >= 11 is 6.12. The first kappa shape index (κ1) is 24.1. The molecule has 1 N–H and O–H groups in total. The summed E-state index contributed by atoms with van der Waals surface area (Å²) < 4.78 is 33.2. The van der Waals surface area contributed by atoms with Gasteiger partial charge in [-0.05, 0) is 67.9 Å². The molecule has 3 aromatic rings. The number of hydrogen-bond acceptors (Lipinski definition) is 4. The Morgan fingerprint density at radius 2 is 1.88 bits per heavy atom. The number of carbonyl (C=O) groups excluding carboxylic acids is 1. The number of halogens is 3. The maximum atomic E-state index is 14.1. The molecule has 0 bridgehead atoms. The molecule has 0 aliphatic carbocycles. The minimum atomic E-state index is -0.656. The first-order valence-electron chi connectivity index (χ1n) is 11.3. The van der Waals surface area contributed by atoms with Crippen LogP contribution < -0.4 is 10.1 Å². The van der Waals surface area contributed by atoms with Crippen molar-refractivity contribution in [2.24, 2.45) is 5.92 Å². The molecular formula is C26H26ClF2N3O2. The van der Waals surface area contributed by atoms with E-state index in [0.717, 1.165) is 49.7 Å². The zero-order valence-electron chi connectivity index (χ0n) is 18.6. The van der Waals surface area contributed by atoms with E-state index < -0.39 is 17.7 Å². The van der Waals surface area contributed by atoms with E-state index in [9.17, 15) is 13.6 Å². The van der Waals surface area contributed by atoms with E-state index in [4.69, 9.17) is 16.3 Å². The number of benzene rings is 2. The Kier molecular flexibility index (Phi) is 8.08. The van der Waals surface area contributed by atoms with Crippen LogP contribution in [0.5, 0.6) is 5.75 Å². The third-order valence-corrected chi connectivity index (χ3v) is 6.17. The van der Waals surface area contributed by atoms with E-state index in [-0.39, 0.29) is 30.7 Å². The quantitative estimate of drug-likeness (QED) is 0.487. The Morgan fingerprint density at radius 3 is 2.59 bits per heavy atom. The molecule has 1 unspecified atom stereocenters. The summed E-state index contributed by atoms with van der Waals surface area (Å²) in [5.41, 5.74) is 1.55. The molecule has 8 heteroatoms. The average Bonchev–Trinajstić information content (AvgIpc) is 2.87. The average molecular weight is 486 g/mol. The summed E-state index contributed by atoms with van der Waals surface area (Å²) in [5.74, 6) is -1.60. The normalized spacial score (nSPS) is 15.0. The minimum absolute atomic E-state index is 0.00595. The van der Waals surface area contributed by atoms with Gasteiger partial charge in [-0.25, -0.2) is 8.78 Å². The second kappa shape index (κ2) is 11.4. The molecule has 0 saturated carbocycles. The van der Waals surface area contributed by atoms with Crippen LogP contribution in [0, 0.1) is 17.6 Å². The van der Waals surface area contributed by atoms with E-state index >= 15 is 0 Å². The number of piperidine rings is 1. The summed E-state index contributed by atoms with van der Waals surface area (Å²) in [7, 11) is 0. The number of nitrogens with one attached hydrogen (secondary N) is 1. The molecule has 1 saturated heterocycles. The maximum Gasteiger partial charge on any atom is 0.226 e. The lowest BCUT2D eigenvalue weighted by molar-refractivity contribution is -0.138. The number of pyridine rings is 1. The van der Waals surface area contributed by atoms with Crippen LogP contribution in [0.3, 0.4) is 0 Å². The first-order valence-corrected chi connectivity index (χ1v) is 11.7. The monoisotopic (exact) mass is 485 g/mol. The van der Waals surface area contributed by atoms with Crippen molar-refractivity contribution in [3.05, 3.63) is 94.8 Å². The zero-order valence-corrected chi connectivity index (χ0v) is 19.3. The van der Waals surface area contributed by atoms with Gasteiger partial charge in [-0.2, -0.15) is 0 Å². The topological polar surface area (TPSA) is 54.5 Å². The lowest BCUT2D eigenvalue weighted by Crippen LogP contribution is -2.45. The SMILES string of the molecule is O=C(C1CCNCC1)N(CCOc1cc(F)ccc1F)C(c1ccc(Cl)cc1)c1ccccn1. The van der Waals surface area contributed by atoms with Crippen LogP contribution in [0.4, 0.5) is 8.78 Å². The molecule has 4 rings (SSSR count).